The Morgan fingerprint density at radius 2 is 2.07 bits per heavy atom. The lowest BCUT2D eigenvalue weighted by molar-refractivity contribution is -0.143. The minimum absolute atomic E-state index is 0.243. The highest BCUT2D eigenvalue weighted by Crippen LogP contribution is 2.12. The number of benzene rings is 1. The number of carboxylic acids is 1. The Kier molecular flexibility index (Phi) is 4.68. The van der Waals surface area contributed by atoms with Gasteiger partial charge in [-0.15, -0.1) is 0 Å². The first-order valence-electron chi connectivity index (χ1n) is 5.14. The lowest BCUT2D eigenvalue weighted by Crippen LogP contribution is -2.21. The number of hydrogen-bond acceptors (Lipinski definition) is 2. The molecule has 0 radical (unpaired) electrons. The van der Waals surface area contributed by atoms with Crippen LogP contribution in [0.15, 0.2) is 30.3 Å². The zero-order valence-corrected chi connectivity index (χ0v) is 8.85. The van der Waals surface area contributed by atoms with Gasteiger partial charge < -0.3 is 9.84 Å². The normalized spacial score (nSPS) is 12.1. The van der Waals surface area contributed by atoms with Crippen LogP contribution in [0.4, 0.5) is 0 Å². The molecule has 1 unspecified atom stereocenters. The van der Waals surface area contributed by atoms with Crippen LogP contribution in [0.5, 0.6) is 5.75 Å². The average Bonchev–Trinajstić information content (AvgIpc) is 2.25. The van der Waals surface area contributed by atoms with Crippen molar-refractivity contribution >= 4 is 5.97 Å². The number of carbonyl (C=O) groups is 1. The second-order valence-corrected chi connectivity index (χ2v) is 3.45. The minimum Gasteiger partial charge on any atom is -0.493 e. The van der Waals surface area contributed by atoms with Gasteiger partial charge in [0.2, 0.25) is 0 Å². The Morgan fingerprint density at radius 3 is 2.60 bits per heavy atom. The van der Waals surface area contributed by atoms with E-state index in [-0.39, 0.29) is 6.61 Å². The summed E-state index contributed by atoms with van der Waals surface area (Å²) < 4.78 is 5.40. The van der Waals surface area contributed by atoms with E-state index in [2.05, 4.69) is 0 Å². The van der Waals surface area contributed by atoms with E-state index in [9.17, 15) is 4.79 Å². The van der Waals surface area contributed by atoms with Gasteiger partial charge in [0.05, 0.1) is 5.92 Å². The summed E-state index contributed by atoms with van der Waals surface area (Å²) in [6.45, 7) is 2.21. The van der Waals surface area contributed by atoms with E-state index in [1.165, 1.54) is 0 Å². The first-order chi connectivity index (χ1) is 7.24. The lowest BCUT2D eigenvalue weighted by Gasteiger charge is -2.12. The summed E-state index contributed by atoms with van der Waals surface area (Å²) in [5.74, 6) is -0.470. The van der Waals surface area contributed by atoms with Gasteiger partial charge in [0.25, 0.3) is 0 Å². The van der Waals surface area contributed by atoms with Gasteiger partial charge in [-0.3, -0.25) is 4.79 Å². The number of carboxylic acid groups (broad SMARTS) is 1. The third-order valence-electron chi connectivity index (χ3n) is 2.18. The summed E-state index contributed by atoms with van der Waals surface area (Å²) in [6, 6.07) is 9.28. The van der Waals surface area contributed by atoms with Gasteiger partial charge in [-0.1, -0.05) is 31.5 Å². The predicted octanol–water partition coefficient (Wildman–Crippen LogP) is 2.57. The molecule has 15 heavy (non-hydrogen) atoms. The van der Waals surface area contributed by atoms with Crippen LogP contribution >= 0.6 is 0 Å². The summed E-state index contributed by atoms with van der Waals surface area (Å²) in [5, 5.41) is 8.90. The van der Waals surface area contributed by atoms with E-state index < -0.39 is 11.9 Å². The van der Waals surface area contributed by atoms with Crippen molar-refractivity contribution < 1.29 is 14.6 Å². The molecular formula is C12H16O3. The summed E-state index contributed by atoms with van der Waals surface area (Å²) >= 11 is 0. The second kappa shape index (κ2) is 6.06. The Labute approximate surface area is 89.7 Å². The molecule has 0 heterocycles. The highest BCUT2D eigenvalue weighted by Gasteiger charge is 2.16. The standard InChI is InChI=1S/C12H16O3/c1-2-6-10(12(13)14)9-15-11-7-4-3-5-8-11/h3-5,7-8,10H,2,6,9H2,1H3,(H,13,14). The average molecular weight is 208 g/mol. The highest BCUT2D eigenvalue weighted by atomic mass is 16.5. The maximum atomic E-state index is 10.8. The molecule has 0 aliphatic heterocycles. The van der Waals surface area contributed by atoms with Crippen LogP contribution in [0.2, 0.25) is 0 Å². The molecule has 0 bridgehead atoms. The number of ether oxygens (including phenoxy) is 1. The zero-order valence-electron chi connectivity index (χ0n) is 8.85. The van der Waals surface area contributed by atoms with E-state index in [0.717, 1.165) is 12.2 Å². The van der Waals surface area contributed by atoms with Gasteiger partial charge in [-0.25, -0.2) is 0 Å². The summed E-state index contributed by atoms with van der Waals surface area (Å²) in [4.78, 5) is 10.8. The van der Waals surface area contributed by atoms with Crippen LogP contribution in [0.25, 0.3) is 0 Å². The fourth-order valence-corrected chi connectivity index (χ4v) is 1.34. The maximum Gasteiger partial charge on any atom is 0.309 e. The lowest BCUT2D eigenvalue weighted by atomic mass is 10.1. The summed E-state index contributed by atoms with van der Waals surface area (Å²) in [5.41, 5.74) is 0. The van der Waals surface area contributed by atoms with E-state index in [1.807, 2.05) is 37.3 Å². The molecule has 0 saturated heterocycles. The third kappa shape index (κ3) is 4.02. The molecule has 0 fully saturated rings. The van der Waals surface area contributed by atoms with Crippen LogP contribution < -0.4 is 4.74 Å². The first-order valence-corrected chi connectivity index (χ1v) is 5.14. The quantitative estimate of drug-likeness (QED) is 0.781. The fourth-order valence-electron chi connectivity index (χ4n) is 1.34. The third-order valence-corrected chi connectivity index (χ3v) is 2.18. The Balaban J connectivity index is 2.43. The first kappa shape index (κ1) is 11.6. The molecule has 0 aliphatic carbocycles. The van der Waals surface area contributed by atoms with Crippen molar-refractivity contribution in [3.05, 3.63) is 30.3 Å². The molecule has 0 spiro atoms. The van der Waals surface area contributed by atoms with Crippen LogP contribution in [-0.4, -0.2) is 17.7 Å². The summed E-state index contributed by atoms with van der Waals surface area (Å²) in [6.07, 6.45) is 1.51. The fraction of sp³-hybridized carbons (Fsp3) is 0.417. The SMILES string of the molecule is CCCC(COc1ccccc1)C(=O)O. The molecule has 1 aromatic rings. The smallest absolute Gasteiger partial charge is 0.309 e. The zero-order chi connectivity index (χ0) is 11.1. The molecule has 3 heteroatoms. The molecule has 0 saturated carbocycles. The number of hydrogen-bond donors (Lipinski definition) is 1. The number of rotatable bonds is 6. The topological polar surface area (TPSA) is 46.5 Å². The Bertz CT molecular complexity index is 295. The molecule has 1 aromatic carbocycles. The molecule has 3 nitrogen and oxygen atoms in total. The van der Waals surface area contributed by atoms with Gasteiger partial charge in [0, 0.05) is 0 Å². The van der Waals surface area contributed by atoms with Crippen molar-refractivity contribution in [2.75, 3.05) is 6.61 Å². The van der Waals surface area contributed by atoms with Crippen LogP contribution in [-0.2, 0) is 4.79 Å². The molecule has 82 valence electrons. The van der Waals surface area contributed by atoms with Crippen molar-refractivity contribution in [3.63, 3.8) is 0 Å². The van der Waals surface area contributed by atoms with Gasteiger partial charge in [-0.2, -0.15) is 0 Å². The van der Waals surface area contributed by atoms with Crippen molar-refractivity contribution in [1.29, 1.82) is 0 Å². The van der Waals surface area contributed by atoms with Gasteiger partial charge in [0.15, 0.2) is 0 Å². The van der Waals surface area contributed by atoms with Crippen molar-refractivity contribution in [1.82, 2.24) is 0 Å². The second-order valence-electron chi connectivity index (χ2n) is 3.45. The number of para-hydroxylation sites is 1. The van der Waals surface area contributed by atoms with Crippen LogP contribution in [0.3, 0.4) is 0 Å². The minimum atomic E-state index is -0.784. The van der Waals surface area contributed by atoms with Crippen molar-refractivity contribution in [3.8, 4) is 5.75 Å². The van der Waals surface area contributed by atoms with E-state index in [0.29, 0.717) is 6.42 Å². The maximum absolute atomic E-state index is 10.8. The Morgan fingerprint density at radius 1 is 1.40 bits per heavy atom. The molecule has 1 N–H and O–H groups in total. The largest absolute Gasteiger partial charge is 0.493 e. The monoisotopic (exact) mass is 208 g/mol. The highest BCUT2D eigenvalue weighted by molar-refractivity contribution is 5.70. The van der Waals surface area contributed by atoms with E-state index >= 15 is 0 Å². The van der Waals surface area contributed by atoms with E-state index in [1.54, 1.807) is 0 Å². The molecular weight excluding hydrogens is 192 g/mol. The molecule has 0 amide bonds. The van der Waals surface area contributed by atoms with Crippen molar-refractivity contribution in [2.45, 2.75) is 19.8 Å². The number of aliphatic carboxylic acids is 1. The van der Waals surface area contributed by atoms with Crippen LogP contribution in [0, 0.1) is 5.92 Å². The van der Waals surface area contributed by atoms with E-state index in [4.69, 9.17) is 9.84 Å². The van der Waals surface area contributed by atoms with Crippen molar-refractivity contribution in [2.24, 2.45) is 5.92 Å². The molecule has 1 rings (SSSR count). The molecule has 1 atom stereocenters. The molecule has 0 aliphatic rings. The Hall–Kier alpha value is -1.51. The van der Waals surface area contributed by atoms with Gasteiger partial charge in [-0.05, 0) is 18.6 Å². The molecule has 0 aromatic heterocycles. The predicted molar refractivity (Wildman–Crippen MR) is 58.0 cm³/mol. The summed E-state index contributed by atoms with van der Waals surface area (Å²) in [7, 11) is 0. The van der Waals surface area contributed by atoms with Gasteiger partial charge >= 0.3 is 5.97 Å². The van der Waals surface area contributed by atoms with Gasteiger partial charge in [0.1, 0.15) is 12.4 Å². The van der Waals surface area contributed by atoms with Crippen LogP contribution in [0.1, 0.15) is 19.8 Å².